The maximum atomic E-state index is 12.8. The van der Waals surface area contributed by atoms with Gasteiger partial charge in [0.2, 0.25) is 0 Å². The van der Waals surface area contributed by atoms with Crippen LogP contribution in [0, 0.1) is 6.92 Å². The molecule has 0 aliphatic rings. The summed E-state index contributed by atoms with van der Waals surface area (Å²) in [6.45, 7) is 2.23. The molecule has 0 fully saturated rings. The molecule has 0 aliphatic heterocycles. The molecule has 0 bridgehead atoms. The first-order valence-corrected chi connectivity index (χ1v) is 8.40. The van der Waals surface area contributed by atoms with E-state index in [-0.39, 0.29) is 5.91 Å². The van der Waals surface area contributed by atoms with Crippen molar-refractivity contribution in [3.8, 4) is 0 Å². The lowest BCUT2D eigenvalue weighted by Gasteiger charge is -2.16. The Bertz CT molecular complexity index is 975. The van der Waals surface area contributed by atoms with Crippen LogP contribution in [0.5, 0.6) is 0 Å². The second kappa shape index (κ2) is 7.22. The summed E-state index contributed by atoms with van der Waals surface area (Å²) in [7, 11) is 3.04. The van der Waals surface area contributed by atoms with Gasteiger partial charge in [0, 0.05) is 29.6 Å². The van der Waals surface area contributed by atoms with E-state index in [4.69, 9.17) is 16.0 Å². The van der Waals surface area contributed by atoms with Crippen molar-refractivity contribution >= 4 is 34.4 Å². The fourth-order valence-corrected chi connectivity index (χ4v) is 2.95. The van der Waals surface area contributed by atoms with Crippen LogP contribution in [0.3, 0.4) is 0 Å². The summed E-state index contributed by atoms with van der Waals surface area (Å²) in [5.41, 5.74) is 2.76. The first kappa shape index (κ1) is 18.0. The summed E-state index contributed by atoms with van der Waals surface area (Å²) in [5.74, 6) is -0.305. The van der Waals surface area contributed by atoms with Crippen LogP contribution in [-0.4, -0.2) is 30.9 Å². The van der Waals surface area contributed by atoms with Crippen molar-refractivity contribution in [2.24, 2.45) is 0 Å². The topological polar surface area (TPSA) is 59.8 Å². The van der Waals surface area contributed by atoms with Gasteiger partial charge in [0.05, 0.1) is 12.7 Å². The van der Waals surface area contributed by atoms with Crippen molar-refractivity contribution in [2.75, 3.05) is 14.2 Å². The number of hydrogen-bond donors (Lipinski definition) is 0. The highest BCUT2D eigenvalue weighted by molar-refractivity contribution is 6.31. The standard InChI is InChI=1S/C20H18ClNO4/c1-12-16-10-15(21)8-9-17(16)26-18(12)19(23)22(2)11-13-4-6-14(7-5-13)20(24)25-3/h4-10H,11H2,1-3H3. The Morgan fingerprint density at radius 3 is 2.50 bits per heavy atom. The summed E-state index contributed by atoms with van der Waals surface area (Å²) in [5, 5.41) is 1.43. The molecular weight excluding hydrogens is 354 g/mol. The highest BCUT2D eigenvalue weighted by Crippen LogP contribution is 2.28. The Hall–Kier alpha value is -2.79. The van der Waals surface area contributed by atoms with Crippen molar-refractivity contribution in [3.05, 3.63) is 69.9 Å². The third kappa shape index (κ3) is 3.44. The molecule has 0 atom stereocenters. The molecule has 0 spiro atoms. The molecule has 0 N–H and O–H groups in total. The number of rotatable bonds is 4. The van der Waals surface area contributed by atoms with Gasteiger partial charge in [0.15, 0.2) is 5.76 Å². The smallest absolute Gasteiger partial charge is 0.337 e. The Morgan fingerprint density at radius 1 is 1.15 bits per heavy atom. The van der Waals surface area contributed by atoms with Gasteiger partial charge in [0.25, 0.3) is 5.91 Å². The number of furan rings is 1. The van der Waals surface area contributed by atoms with Gasteiger partial charge in [-0.15, -0.1) is 0 Å². The molecule has 5 nitrogen and oxygen atoms in total. The predicted octanol–water partition coefficient (Wildman–Crippen LogP) is 4.45. The van der Waals surface area contributed by atoms with E-state index in [0.717, 1.165) is 16.5 Å². The molecule has 0 aliphatic carbocycles. The number of halogens is 1. The zero-order valence-corrected chi connectivity index (χ0v) is 15.5. The first-order chi connectivity index (χ1) is 12.4. The summed E-state index contributed by atoms with van der Waals surface area (Å²) in [6.07, 6.45) is 0. The molecule has 3 rings (SSSR count). The minimum absolute atomic E-state index is 0.216. The van der Waals surface area contributed by atoms with E-state index in [1.807, 2.05) is 6.92 Å². The Kier molecular flexibility index (Phi) is 5.00. The van der Waals surface area contributed by atoms with Crippen molar-refractivity contribution in [1.82, 2.24) is 4.90 Å². The number of methoxy groups -OCH3 is 1. The third-order valence-electron chi connectivity index (χ3n) is 4.23. The van der Waals surface area contributed by atoms with Crippen molar-refractivity contribution in [3.63, 3.8) is 0 Å². The van der Waals surface area contributed by atoms with Crippen molar-refractivity contribution < 1.29 is 18.7 Å². The zero-order chi connectivity index (χ0) is 18.8. The predicted molar refractivity (Wildman–Crippen MR) is 99.5 cm³/mol. The molecule has 0 saturated heterocycles. The van der Waals surface area contributed by atoms with E-state index in [2.05, 4.69) is 4.74 Å². The molecule has 134 valence electrons. The molecule has 0 saturated carbocycles. The number of esters is 1. The second-order valence-corrected chi connectivity index (χ2v) is 6.48. The first-order valence-electron chi connectivity index (χ1n) is 8.02. The van der Waals surface area contributed by atoms with E-state index < -0.39 is 5.97 Å². The van der Waals surface area contributed by atoms with E-state index >= 15 is 0 Å². The fourth-order valence-electron chi connectivity index (χ4n) is 2.78. The summed E-state index contributed by atoms with van der Waals surface area (Å²) in [6, 6.07) is 12.2. The highest BCUT2D eigenvalue weighted by atomic mass is 35.5. The molecule has 3 aromatic rings. The summed E-state index contributed by atoms with van der Waals surface area (Å²) in [4.78, 5) is 25.8. The van der Waals surface area contributed by atoms with Gasteiger partial charge >= 0.3 is 5.97 Å². The van der Waals surface area contributed by atoms with Gasteiger partial charge in [-0.05, 0) is 42.8 Å². The van der Waals surface area contributed by atoms with Crippen LogP contribution in [0.1, 0.15) is 32.0 Å². The van der Waals surface area contributed by atoms with E-state index in [1.54, 1.807) is 54.4 Å². The van der Waals surface area contributed by atoms with Crippen LogP contribution in [0.4, 0.5) is 0 Å². The minimum atomic E-state index is -0.391. The van der Waals surface area contributed by atoms with Gasteiger partial charge in [-0.25, -0.2) is 4.79 Å². The molecule has 2 aromatic carbocycles. The summed E-state index contributed by atoms with van der Waals surface area (Å²) >= 11 is 6.02. The number of carbonyl (C=O) groups is 2. The second-order valence-electron chi connectivity index (χ2n) is 6.05. The third-order valence-corrected chi connectivity index (χ3v) is 4.47. The van der Waals surface area contributed by atoms with Crippen LogP contribution in [0.2, 0.25) is 5.02 Å². The fraction of sp³-hybridized carbons (Fsp3) is 0.200. The number of fused-ring (bicyclic) bond motifs is 1. The molecule has 6 heteroatoms. The van der Waals surface area contributed by atoms with Crippen LogP contribution in [0.25, 0.3) is 11.0 Å². The molecule has 0 radical (unpaired) electrons. The van der Waals surface area contributed by atoms with Gasteiger partial charge in [-0.2, -0.15) is 0 Å². The van der Waals surface area contributed by atoms with E-state index in [9.17, 15) is 9.59 Å². The van der Waals surface area contributed by atoms with Gasteiger partial charge in [-0.1, -0.05) is 23.7 Å². The quantitative estimate of drug-likeness (QED) is 0.635. The van der Waals surface area contributed by atoms with Gasteiger partial charge in [0.1, 0.15) is 5.58 Å². The Balaban J connectivity index is 1.80. The van der Waals surface area contributed by atoms with Gasteiger partial charge < -0.3 is 14.1 Å². The van der Waals surface area contributed by atoms with Crippen LogP contribution >= 0.6 is 11.6 Å². The molecular formula is C20H18ClNO4. The molecule has 1 amide bonds. The van der Waals surface area contributed by atoms with Crippen molar-refractivity contribution in [1.29, 1.82) is 0 Å². The number of carbonyl (C=O) groups excluding carboxylic acids is 2. The van der Waals surface area contributed by atoms with Crippen LogP contribution in [0.15, 0.2) is 46.9 Å². The average Bonchev–Trinajstić information content (AvgIpc) is 2.97. The maximum absolute atomic E-state index is 12.8. The molecule has 0 unspecified atom stereocenters. The number of nitrogens with zero attached hydrogens (tertiary/aromatic N) is 1. The molecule has 1 aromatic heterocycles. The lowest BCUT2D eigenvalue weighted by molar-refractivity contribution is 0.0600. The largest absolute Gasteiger partial charge is 0.465 e. The number of hydrogen-bond acceptors (Lipinski definition) is 4. The maximum Gasteiger partial charge on any atom is 0.337 e. The number of aryl methyl sites for hydroxylation is 1. The Morgan fingerprint density at radius 2 is 1.85 bits per heavy atom. The molecule has 1 heterocycles. The number of ether oxygens (including phenoxy) is 1. The Labute approximate surface area is 156 Å². The zero-order valence-electron chi connectivity index (χ0n) is 14.7. The molecule has 26 heavy (non-hydrogen) atoms. The summed E-state index contributed by atoms with van der Waals surface area (Å²) < 4.78 is 10.4. The normalized spacial score (nSPS) is 10.8. The van der Waals surface area contributed by atoms with Crippen molar-refractivity contribution in [2.45, 2.75) is 13.5 Å². The van der Waals surface area contributed by atoms with E-state index in [0.29, 0.717) is 28.5 Å². The lowest BCUT2D eigenvalue weighted by Crippen LogP contribution is -2.26. The SMILES string of the molecule is COC(=O)c1ccc(CN(C)C(=O)c2oc3ccc(Cl)cc3c2C)cc1. The average molecular weight is 372 g/mol. The number of amides is 1. The van der Waals surface area contributed by atoms with Crippen LogP contribution in [-0.2, 0) is 11.3 Å². The minimum Gasteiger partial charge on any atom is -0.465 e. The van der Waals surface area contributed by atoms with Gasteiger partial charge in [-0.3, -0.25) is 4.79 Å². The highest BCUT2D eigenvalue weighted by Gasteiger charge is 2.21. The lowest BCUT2D eigenvalue weighted by atomic mass is 10.1. The number of benzene rings is 2. The van der Waals surface area contributed by atoms with E-state index in [1.165, 1.54) is 7.11 Å². The monoisotopic (exact) mass is 371 g/mol. The van der Waals surface area contributed by atoms with Crippen LogP contribution < -0.4 is 0 Å².